The SMILES string of the molecule is Cc1sccc1C(NN)C1CCCCO1. The summed E-state index contributed by atoms with van der Waals surface area (Å²) < 4.78 is 5.77. The van der Waals surface area contributed by atoms with Crippen molar-refractivity contribution < 1.29 is 4.74 Å². The molecule has 3 nitrogen and oxygen atoms in total. The molecule has 0 spiro atoms. The molecule has 2 rings (SSSR count). The van der Waals surface area contributed by atoms with Gasteiger partial charge in [-0.25, -0.2) is 0 Å². The maximum absolute atomic E-state index is 5.77. The van der Waals surface area contributed by atoms with E-state index in [9.17, 15) is 0 Å². The third-order valence-electron chi connectivity index (χ3n) is 3.00. The highest BCUT2D eigenvalue weighted by molar-refractivity contribution is 7.10. The Kier molecular flexibility index (Phi) is 3.75. The first-order chi connectivity index (χ1) is 7.33. The maximum atomic E-state index is 5.77. The molecular weight excluding hydrogens is 208 g/mol. The minimum Gasteiger partial charge on any atom is -0.376 e. The fourth-order valence-corrected chi connectivity index (χ4v) is 2.89. The lowest BCUT2D eigenvalue weighted by Gasteiger charge is -2.30. The van der Waals surface area contributed by atoms with Crippen molar-refractivity contribution in [1.82, 2.24) is 5.43 Å². The van der Waals surface area contributed by atoms with Crippen molar-refractivity contribution in [3.8, 4) is 0 Å². The molecule has 15 heavy (non-hydrogen) atoms. The van der Waals surface area contributed by atoms with Gasteiger partial charge in [0.15, 0.2) is 0 Å². The fraction of sp³-hybridized carbons (Fsp3) is 0.636. The molecule has 0 bridgehead atoms. The zero-order valence-electron chi connectivity index (χ0n) is 9.03. The van der Waals surface area contributed by atoms with Crippen molar-refractivity contribution in [2.45, 2.75) is 38.3 Å². The Hall–Kier alpha value is -0.420. The number of hydrazine groups is 1. The van der Waals surface area contributed by atoms with Crippen LogP contribution in [0.3, 0.4) is 0 Å². The number of aryl methyl sites for hydroxylation is 1. The molecule has 0 aromatic carbocycles. The van der Waals surface area contributed by atoms with E-state index in [1.165, 1.54) is 23.3 Å². The van der Waals surface area contributed by atoms with Crippen LogP contribution in [0.25, 0.3) is 0 Å². The highest BCUT2D eigenvalue weighted by Gasteiger charge is 2.26. The Morgan fingerprint density at radius 3 is 3.00 bits per heavy atom. The molecule has 0 saturated carbocycles. The quantitative estimate of drug-likeness (QED) is 0.613. The summed E-state index contributed by atoms with van der Waals surface area (Å²) in [6, 6.07) is 2.29. The number of hydrogen-bond donors (Lipinski definition) is 2. The monoisotopic (exact) mass is 226 g/mol. The Morgan fingerprint density at radius 1 is 1.60 bits per heavy atom. The van der Waals surface area contributed by atoms with E-state index in [4.69, 9.17) is 10.6 Å². The summed E-state index contributed by atoms with van der Waals surface area (Å²) in [5, 5.41) is 2.11. The van der Waals surface area contributed by atoms with Gasteiger partial charge in [-0.2, -0.15) is 0 Å². The van der Waals surface area contributed by atoms with Gasteiger partial charge in [-0.15, -0.1) is 11.3 Å². The molecule has 0 aliphatic carbocycles. The lowest BCUT2D eigenvalue weighted by atomic mass is 9.97. The van der Waals surface area contributed by atoms with Crippen LogP contribution in [0.5, 0.6) is 0 Å². The minimum absolute atomic E-state index is 0.150. The van der Waals surface area contributed by atoms with E-state index in [-0.39, 0.29) is 12.1 Å². The molecule has 84 valence electrons. The van der Waals surface area contributed by atoms with Crippen LogP contribution < -0.4 is 11.3 Å². The van der Waals surface area contributed by atoms with Gasteiger partial charge in [0.1, 0.15) is 0 Å². The molecule has 0 radical (unpaired) electrons. The Labute approximate surface area is 94.6 Å². The van der Waals surface area contributed by atoms with Crippen LogP contribution in [0, 0.1) is 6.92 Å². The van der Waals surface area contributed by atoms with Gasteiger partial charge in [-0.1, -0.05) is 0 Å². The molecular formula is C11H18N2OS. The molecule has 3 N–H and O–H groups in total. The number of rotatable bonds is 3. The first kappa shape index (κ1) is 11.1. The van der Waals surface area contributed by atoms with Crippen LogP contribution in [0.4, 0.5) is 0 Å². The largest absolute Gasteiger partial charge is 0.376 e. The highest BCUT2D eigenvalue weighted by Crippen LogP contribution is 2.29. The van der Waals surface area contributed by atoms with Crippen LogP contribution >= 0.6 is 11.3 Å². The lowest BCUT2D eigenvalue weighted by Crippen LogP contribution is -2.39. The van der Waals surface area contributed by atoms with Gasteiger partial charge in [-0.05, 0) is 43.2 Å². The second kappa shape index (κ2) is 5.07. The molecule has 2 unspecified atom stereocenters. The summed E-state index contributed by atoms with van der Waals surface area (Å²) in [7, 11) is 0. The normalized spacial score (nSPS) is 24.0. The summed E-state index contributed by atoms with van der Waals surface area (Å²) in [4.78, 5) is 1.33. The van der Waals surface area contributed by atoms with Crippen molar-refractivity contribution in [1.29, 1.82) is 0 Å². The molecule has 0 amide bonds. The van der Waals surface area contributed by atoms with Gasteiger partial charge >= 0.3 is 0 Å². The Balaban J connectivity index is 2.12. The van der Waals surface area contributed by atoms with Crippen molar-refractivity contribution >= 4 is 11.3 Å². The predicted molar refractivity (Wildman–Crippen MR) is 62.7 cm³/mol. The van der Waals surface area contributed by atoms with E-state index >= 15 is 0 Å². The van der Waals surface area contributed by atoms with Crippen LogP contribution in [-0.2, 0) is 4.74 Å². The van der Waals surface area contributed by atoms with Gasteiger partial charge in [0.2, 0.25) is 0 Å². The van der Waals surface area contributed by atoms with Crippen molar-refractivity contribution in [2.75, 3.05) is 6.61 Å². The molecule has 1 aromatic heterocycles. The van der Waals surface area contributed by atoms with E-state index in [1.807, 2.05) is 0 Å². The zero-order chi connectivity index (χ0) is 10.7. The molecule has 1 aromatic rings. The van der Waals surface area contributed by atoms with Gasteiger partial charge < -0.3 is 4.74 Å². The third kappa shape index (κ3) is 2.39. The fourth-order valence-electron chi connectivity index (χ4n) is 2.14. The summed E-state index contributed by atoms with van der Waals surface area (Å²) in [6.07, 6.45) is 3.75. The first-order valence-electron chi connectivity index (χ1n) is 5.44. The Bertz CT molecular complexity index is 307. The zero-order valence-corrected chi connectivity index (χ0v) is 9.85. The molecule has 2 heterocycles. The number of nitrogens with two attached hydrogens (primary N) is 1. The molecule has 2 atom stereocenters. The molecule has 1 fully saturated rings. The van der Waals surface area contributed by atoms with E-state index in [1.54, 1.807) is 11.3 Å². The van der Waals surface area contributed by atoms with Gasteiger partial charge in [-0.3, -0.25) is 11.3 Å². The standard InChI is InChI=1S/C11H18N2OS/c1-8-9(5-7-15-8)11(13-12)10-4-2-3-6-14-10/h5,7,10-11,13H,2-4,6,12H2,1H3. The van der Waals surface area contributed by atoms with Crippen LogP contribution in [0.1, 0.15) is 35.7 Å². The molecule has 1 aliphatic rings. The average Bonchev–Trinajstić information content (AvgIpc) is 2.68. The van der Waals surface area contributed by atoms with E-state index < -0.39 is 0 Å². The smallest absolute Gasteiger partial charge is 0.0783 e. The Morgan fingerprint density at radius 2 is 2.47 bits per heavy atom. The van der Waals surface area contributed by atoms with Crippen LogP contribution in [0.2, 0.25) is 0 Å². The van der Waals surface area contributed by atoms with Gasteiger partial charge in [0.05, 0.1) is 12.1 Å². The predicted octanol–water partition coefficient (Wildman–Crippen LogP) is 2.13. The summed E-state index contributed by atoms with van der Waals surface area (Å²) >= 11 is 1.76. The van der Waals surface area contributed by atoms with E-state index in [2.05, 4.69) is 23.8 Å². The van der Waals surface area contributed by atoms with Crippen molar-refractivity contribution in [3.05, 3.63) is 21.9 Å². The summed E-state index contributed by atoms with van der Waals surface area (Å²) in [5.41, 5.74) is 4.18. The van der Waals surface area contributed by atoms with Gasteiger partial charge in [0, 0.05) is 11.5 Å². The molecule has 4 heteroatoms. The lowest BCUT2D eigenvalue weighted by molar-refractivity contribution is -0.00824. The highest BCUT2D eigenvalue weighted by atomic mass is 32.1. The van der Waals surface area contributed by atoms with E-state index in [0.29, 0.717) is 0 Å². The number of hydrogen-bond acceptors (Lipinski definition) is 4. The minimum atomic E-state index is 0.150. The van der Waals surface area contributed by atoms with Gasteiger partial charge in [0.25, 0.3) is 0 Å². The van der Waals surface area contributed by atoms with Crippen molar-refractivity contribution in [3.63, 3.8) is 0 Å². The number of ether oxygens (including phenoxy) is 1. The average molecular weight is 226 g/mol. The maximum Gasteiger partial charge on any atom is 0.0783 e. The second-order valence-corrected chi connectivity index (χ2v) is 5.10. The molecule has 1 aliphatic heterocycles. The molecule has 1 saturated heterocycles. The van der Waals surface area contributed by atoms with Crippen LogP contribution in [-0.4, -0.2) is 12.7 Å². The van der Waals surface area contributed by atoms with Crippen molar-refractivity contribution in [2.24, 2.45) is 5.84 Å². The first-order valence-corrected chi connectivity index (χ1v) is 6.32. The summed E-state index contributed by atoms with van der Waals surface area (Å²) in [5.74, 6) is 5.64. The second-order valence-electron chi connectivity index (χ2n) is 3.98. The number of nitrogens with one attached hydrogen (secondary N) is 1. The van der Waals surface area contributed by atoms with Crippen LogP contribution in [0.15, 0.2) is 11.4 Å². The summed E-state index contributed by atoms with van der Waals surface area (Å²) in [6.45, 7) is 3.00. The topological polar surface area (TPSA) is 47.3 Å². The number of thiophene rings is 1. The third-order valence-corrected chi connectivity index (χ3v) is 3.86. The van der Waals surface area contributed by atoms with E-state index in [0.717, 1.165) is 13.0 Å².